The second-order valence-electron chi connectivity index (χ2n) is 11.6. The molecule has 10 heteroatoms. The Morgan fingerprint density at radius 2 is 1.08 bits per heavy atom. The van der Waals surface area contributed by atoms with Gasteiger partial charge in [-0.05, 0) is 6.42 Å². The third-order valence-corrected chi connectivity index (χ3v) is 7.98. The van der Waals surface area contributed by atoms with Gasteiger partial charge in [-0.1, -0.05) is 103 Å². The van der Waals surface area contributed by atoms with Crippen molar-refractivity contribution in [2.24, 2.45) is 0 Å². The van der Waals surface area contributed by atoms with Crippen LogP contribution in [-0.2, 0) is 29.4 Å². The van der Waals surface area contributed by atoms with Crippen molar-refractivity contribution in [3.05, 3.63) is 0 Å². The summed E-state index contributed by atoms with van der Waals surface area (Å²) in [4.78, 5) is 0. The lowest BCUT2D eigenvalue weighted by atomic mass is 10.0. The molecule has 0 radical (unpaired) electrons. The van der Waals surface area contributed by atoms with Gasteiger partial charge in [0.15, 0.2) is 9.84 Å². The fourth-order valence-electron chi connectivity index (χ4n) is 3.93. The predicted molar refractivity (Wildman–Crippen MR) is 158 cm³/mol. The zero-order valence-electron chi connectivity index (χ0n) is 25.5. The number of rotatable bonds is 25. The molecule has 0 aromatic rings. The number of sulfone groups is 1. The summed E-state index contributed by atoms with van der Waals surface area (Å²) >= 11 is 0. The number of quaternary nitrogens is 1. The number of methoxy groups -OCH3 is 1. The summed E-state index contributed by atoms with van der Waals surface area (Å²) < 4.78 is 63.5. The molecule has 1 atom stereocenters. The highest BCUT2D eigenvalue weighted by Gasteiger charge is 2.22. The molecule has 0 spiro atoms. The summed E-state index contributed by atoms with van der Waals surface area (Å²) in [7, 11) is 0.543. The van der Waals surface area contributed by atoms with Crippen molar-refractivity contribution in [2.45, 2.75) is 116 Å². The van der Waals surface area contributed by atoms with E-state index in [-0.39, 0.29) is 17.6 Å². The normalized spacial score (nSPS) is 13.2. The number of hydrogen-bond acceptors (Lipinski definition) is 7. The van der Waals surface area contributed by atoms with Gasteiger partial charge in [-0.15, -0.1) is 0 Å². The van der Waals surface area contributed by atoms with Gasteiger partial charge < -0.3 is 18.5 Å². The largest absolute Gasteiger partial charge is 0.748 e. The predicted octanol–water partition coefficient (Wildman–Crippen LogP) is 5.56. The Balaban J connectivity index is 0. The molecule has 0 saturated heterocycles. The molecule has 232 valence electrons. The molecule has 0 saturated carbocycles. The molecule has 0 fully saturated rings. The van der Waals surface area contributed by atoms with Crippen LogP contribution in [-0.4, -0.2) is 97.7 Å². The summed E-state index contributed by atoms with van der Waals surface area (Å²) in [6, 6.07) is 0. The van der Waals surface area contributed by atoms with Crippen molar-refractivity contribution in [1.82, 2.24) is 0 Å². The summed E-state index contributed by atoms with van der Waals surface area (Å²) in [5.41, 5.74) is 0. The van der Waals surface area contributed by atoms with Gasteiger partial charge in [0.2, 0.25) is 0 Å². The lowest BCUT2D eigenvalue weighted by molar-refractivity contribution is -0.867. The Labute approximate surface area is 236 Å². The molecular weight excluding hydrogens is 526 g/mol. The van der Waals surface area contributed by atoms with E-state index >= 15 is 0 Å². The Kier molecular flexibility index (Phi) is 25.7. The lowest BCUT2D eigenvalue weighted by Crippen LogP contribution is -2.40. The van der Waals surface area contributed by atoms with Crippen LogP contribution in [0.3, 0.4) is 0 Å². The topological polar surface area (TPSA) is 110 Å². The van der Waals surface area contributed by atoms with E-state index in [4.69, 9.17) is 22.4 Å². The fourth-order valence-corrected chi connectivity index (χ4v) is 5.72. The zero-order chi connectivity index (χ0) is 29.3. The molecule has 0 N–H and O–H groups in total. The molecule has 8 nitrogen and oxygen atoms in total. The van der Waals surface area contributed by atoms with Crippen molar-refractivity contribution >= 4 is 20.0 Å². The van der Waals surface area contributed by atoms with Gasteiger partial charge >= 0.3 is 0 Å². The number of hydrogen-bond donors (Lipinski definition) is 0. The van der Waals surface area contributed by atoms with Crippen LogP contribution in [0.4, 0.5) is 0 Å². The molecule has 0 bridgehead atoms. The molecule has 0 heterocycles. The molecule has 38 heavy (non-hydrogen) atoms. The molecule has 0 aromatic heterocycles. The molecule has 1 unspecified atom stereocenters. The lowest BCUT2D eigenvalue weighted by Gasteiger charge is -2.24. The molecule has 0 rings (SSSR count). The minimum absolute atomic E-state index is 0.0441. The zero-order valence-corrected chi connectivity index (χ0v) is 27.2. The van der Waals surface area contributed by atoms with E-state index in [1.807, 2.05) is 21.1 Å². The Morgan fingerprint density at radius 1 is 0.711 bits per heavy atom. The fraction of sp³-hybridized carbons (Fsp3) is 1.00. The van der Waals surface area contributed by atoms with E-state index in [1.165, 1.54) is 96.3 Å². The number of unbranched alkanes of at least 4 members (excludes halogenated alkanes) is 15. The van der Waals surface area contributed by atoms with Crippen LogP contribution in [0.5, 0.6) is 0 Å². The standard InChI is InChI=1S/C27H58NO4S.CH4O3S/c1-6-7-8-9-10-11-12-13-14-15-16-17-18-19-20-21-23-32-25-27(31-5)26-33(29,30)24-22-28(2,3)4;1-5(2,3)4/h27H,6-26H2,1-5H3;1H3,(H,2,3,4)/q+1;/p-1. The summed E-state index contributed by atoms with van der Waals surface area (Å²) in [6.07, 6.45) is 21.9. The van der Waals surface area contributed by atoms with Gasteiger partial charge in [-0.25, -0.2) is 16.8 Å². The van der Waals surface area contributed by atoms with Crippen LogP contribution in [0.1, 0.15) is 110 Å². The van der Waals surface area contributed by atoms with Crippen molar-refractivity contribution in [1.29, 1.82) is 0 Å². The van der Waals surface area contributed by atoms with Gasteiger partial charge in [0.25, 0.3) is 0 Å². The maximum absolute atomic E-state index is 12.3. The average Bonchev–Trinajstić information content (AvgIpc) is 2.80. The SMILES string of the molecule is CCCCCCCCCCCCCCCCCCOCC(CS(=O)(=O)CC[N+](C)(C)C)OC.CS(=O)(=O)[O-]. The van der Waals surface area contributed by atoms with E-state index < -0.39 is 20.0 Å². The Morgan fingerprint density at radius 3 is 1.42 bits per heavy atom. The van der Waals surface area contributed by atoms with E-state index in [1.54, 1.807) is 7.11 Å². The van der Waals surface area contributed by atoms with Crippen molar-refractivity contribution in [2.75, 3.05) is 65.8 Å². The van der Waals surface area contributed by atoms with E-state index in [2.05, 4.69) is 6.92 Å². The Bertz CT molecular complexity index is 712. The van der Waals surface area contributed by atoms with Crippen molar-refractivity contribution < 1.29 is 35.3 Å². The summed E-state index contributed by atoms with van der Waals surface area (Å²) in [5, 5.41) is 0. The maximum atomic E-state index is 12.3. The first-order chi connectivity index (χ1) is 17.7. The van der Waals surface area contributed by atoms with E-state index in [0.29, 0.717) is 30.5 Å². The van der Waals surface area contributed by atoms with Gasteiger partial charge in [0.05, 0.1) is 62.0 Å². The molecule has 0 aliphatic heterocycles. The second-order valence-corrected chi connectivity index (χ2v) is 15.2. The van der Waals surface area contributed by atoms with Crippen molar-refractivity contribution in [3.8, 4) is 0 Å². The van der Waals surface area contributed by atoms with E-state index in [0.717, 1.165) is 6.42 Å². The highest BCUT2D eigenvalue weighted by atomic mass is 32.2. The van der Waals surface area contributed by atoms with Crippen molar-refractivity contribution in [3.63, 3.8) is 0 Å². The molecular formula is C28H61NO7S2. The molecule has 0 aliphatic rings. The van der Waals surface area contributed by atoms with Gasteiger partial charge in [-0.2, -0.15) is 0 Å². The Hall–Kier alpha value is -0.260. The van der Waals surface area contributed by atoms with Crippen LogP contribution in [0, 0.1) is 0 Å². The quantitative estimate of drug-likeness (QED) is 0.0781. The highest BCUT2D eigenvalue weighted by Crippen LogP contribution is 2.13. The minimum atomic E-state index is -3.92. The van der Waals surface area contributed by atoms with Gasteiger partial charge in [0, 0.05) is 20.0 Å². The smallest absolute Gasteiger partial charge is 0.158 e. The van der Waals surface area contributed by atoms with Crippen LogP contribution in [0.25, 0.3) is 0 Å². The van der Waals surface area contributed by atoms with Crippen LogP contribution >= 0.6 is 0 Å². The average molecular weight is 588 g/mol. The van der Waals surface area contributed by atoms with Gasteiger partial charge in [-0.3, -0.25) is 0 Å². The number of ether oxygens (including phenoxy) is 2. The number of nitrogens with zero attached hydrogens (tertiary/aromatic N) is 1. The monoisotopic (exact) mass is 587 g/mol. The van der Waals surface area contributed by atoms with Crippen LogP contribution < -0.4 is 0 Å². The highest BCUT2D eigenvalue weighted by molar-refractivity contribution is 7.91. The van der Waals surface area contributed by atoms with Crippen LogP contribution in [0.15, 0.2) is 0 Å². The molecule has 0 aliphatic carbocycles. The summed E-state index contributed by atoms with van der Waals surface area (Å²) in [5.74, 6) is 0.234. The van der Waals surface area contributed by atoms with Gasteiger partial charge in [0.1, 0.15) is 0 Å². The first-order valence-electron chi connectivity index (χ1n) is 14.7. The van der Waals surface area contributed by atoms with E-state index in [9.17, 15) is 8.42 Å². The third-order valence-electron chi connectivity index (χ3n) is 6.29. The summed E-state index contributed by atoms with van der Waals surface area (Å²) in [6.45, 7) is 3.94. The molecule has 0 aromatic carbocycles. The first-order valence-corrected chi connectivity index (χ1v) is 18.4. The first kappa shape index (κ1) is 39.9. The molecule has 0 amide bonds. The van der Waals surface area contributed by atoms with Crippen LogP contribution in [0.2, 0.25) is 0 Å². The second kappa shape index (κ2) is 24.5. The maximum Gasteiger partial charge on any atom is 0.158 e. The minimum Gasteiger partial charge on any atom is -0.748 e. The third kappa shape index (κ3) is 37.9.